The number of rotatable bonds is 3. The molecular weight excluding hydrogens is 155 g/mol. The Morgan fingerprint density at radius 3 is 2.83 bits per heavy atom. The van der Waals surface area contributed by atoms with E-state index in [0.717, 1.165) is 5.56 Å². The van der Waals surface area contributed by atoms with Gasteiger partial charge in [-0.15, -0.1) is 6.58 Å². The lowest BCUT2D eigenvalue weighted by atomic mass is 10.1. The van der Waals surface area contributed by atoms with E-state index in [0.29, 0.717) is 6.42 Å². The summed E-state index contributed by atoms with van der Waals surface area (Å²) in [5, 5.41) is 0. The maximum atomic E-state index is 13.0. The van der Waals surface area contributed by atoms with Gasteiger partial charge in [-0.3, -0.25) is 0 Å². The van der Waals surface area contributed by atoms with Gasteiger partial charge in [0.2, 0.25) is 0 Å². The number of hydrogen-bond acceptors (Lipinski definition) is 1. The zero-order valence-corrected chi connectivity index (χ0v) is 7.01. The number of hydrogen-bond donors (Lipinski definition) is 0. The van der Waals surface area contributed by atoms with Crippen molar-refractivity contribution in [3.05, 3.63) is 42.2 Å². The molecule has 0 radical (unpaired) electrons. The molecule has 1 rings (SSSR count). The summed E-state index contributed by atoms with van der Waals surface area (Å²) in [4.78, 5) is 0. The van der Waals surface area contributed by atoms with Crippen LogP contribution in [0.1, 0.15) is 5.56 Å². The number of allylic oxidation sites excluding steroid dienone is 1. The Morgan fingerprint density at radius 1 is 1.58 bits per heavy atom. The standard InChI is InChI=1S/C10H11FO/c1-3-4-8-5-6-10(12-2)9(11)7-8/h3,5-7H,1,4H2,2H3. The summed E-state index contributed by atoms with van der Waals surface area (Å²) >= 11 is 0. The Labute approximate surface area is 71.5 Å². The third kappa shape index (κ3) is 1.84. The highest BCUT2D eigenvalue weighted by molar-refractivity contribution is 5.30. The summed E-state index contributed by atoms with van der Waals surface area (Å²) in [5.41, 5.74) is 0.906. The Morgan fingerprint density at radius 2 is 2.33 bits per heavy atom. The van der Waals surface area contributed by atoms with E-state index in [9.17, 15) is 4.39 Å². The van der Waals surface area contributed by atoms with Gasteiger partial charge in [-0.2, -0.15) is 0 Å². The first-order valence-corrected chi connectivity index (χ1v) is 3.71. The Bertz CT molecular complexity index is 281. The van der Waals surface area contributed by atoms with Crippen molar-refractivity contribution < 1.29 is 9.13 Å². The lowest BCUT2D eigenvalue weighted by molar-refractivity contribution is 0.386. The number of benzene rings is 1. The summed E-state index contributed by atoms with van der Waals surface area (Å²) in [6, 6.07) is 4.90. The van der Waals surface area contributed by atoms with Gasteiger partial charge in [0, 0.05) is 0 Å². The molecule has 2 heteroatoms. The molecule has 0 saturated heterocycles. The van der Waals surface area contributed by atoms with E-state index >= 15 is 0 Å². The van der Waals surface area contributed by atoms with Crippen LogP contribution < -0.4 is 4.74 Å². The SMILES string of the molecule is C=CCc1ccc(OC)c(F)c1. The van der Waals surface area contributed by atoms with Crippen LogP contribution in [-0.2, 0) is 6.42 Å². The molecule has 0 spiro atoms. The van der Waals surface area contributed by atoms with E-state index in [2.05, 4.69) is 6.58 Å². The Kier molecular flexibility index (Phi) is 2.86. The second kappa shape index (κ2) is 3.90. The molecule has 0 aliphatic rings. The monoisotopic (exact) mass is 166 g/mol. The summed E-state index contributed by atoms with van der Waals surface area (Å²) < 4.78 is 17.8. The van der Waals surface area contributed by atoms with Crippen LogP contribution in [-0.4, -0.2) is 7.11 Å². The van der Waals surface area contributed by atoms with Gasteiger partial charge in [0.25, 0.3) is 0 Å². The summed E-state index contributed by atoms with van der Waals surface area (Å²) in [6.45, 7) is 3.57. The van der Waals surface area contributed by atoms with Crippen molar-refractivity contribution in [2.75, 3.05) is 7.11 Å². The van der Waals surface area contributed by atoms with Crippen molar-refractivity contribution in [3.63, 3.8) is 0 Å². The second-order valence-electron chi connectivity index (χ2n) is 2.46. The molecule has 0 aliphatic carbocycles. The van der Waals surface area contributed by atoms with E-state index in [-0.39, 0.29) is 11.6 Å². The van der Waals surface area contributed by atoms with Crippen LogP contribution in [0.25, 0.3) is 0 Å². The van der Waals surface area contributed by atoms with E-state index in [1.54, 1.807) is 12.1 Å². The molecule has 1 aromatic rings. The van der Waals surface area contributed by atoms with Gasteiger partial charge < -0.3 is 4.74 Å². The first-order valence-electron chi connectivity index (χ1n) is 3.71. The molecule has 12 heavy (non-hydrogen) atoms. The smallest absolute Gasteiger partial charge is 0.165 e. The van der Waals surface area contributed by atoms with Crippen molar-refractivity contribution in [2.45, 2.75) is 6.42 Å². The van der Waals surface area contributed by atoms with Crippen LogP contribution in [0.2, 0.25) is 0 Å². The van der Waals surface area contributed by atoms with Crippen LogP contribution >= 0.6 is 0 Å². The molecule has 0 bridgehead atoms. The summed E-state index contributed by atoms with van der Waals surface area (Å²) in [7, 11) is 1.45. The van der Waals surface area contributed by atoms with Crippen LogP contribution in [0.4, 0.5) is 4.39 Å². The molecular formula is C10H11FO. The average Bonchev–Trinajstić information content (AvgIpc) is 2.05. The highest BCUT2D eigenvalue weighted by Gasteiger charge is 2.01. The summed E-state index contributed by atoms with van der Waals surface area (Å²) in [5.74, 6) is -0.0420. The number of halogens is 1. The topological polar surface area (TPSA) is 9.23 Å². The Hall–Kier alpha value is -1.31. The van der Waals surface area contributed by atoms with Crippen molar-refractivity contribution in [1.29, 1.82) is 0 Å². The molecule has 1 aromatic carbocycles. The lowest BCUT2D eigenvalue weighted by Crippen LogP contribution is -1.89. The largest absolute Gasteiger partial charge is 0.494 e. The maximum Gasteiger partial charge on any atom is 0.165 e. The third-order valence-corrected chi connectivity index (χ3v) is 1.60. The van der Waals surface area contributed by atoms with Crippen LogP contribution in [0.15, 0.2) is 30.9 Å². The minimum Gasteiger partial charge on any atom is -0.494 e. The highest BCUT2D eigenvalue weighted by atomic mass is 19.1. The molecule has 0 unspecified atom stereocenters. The van der Waals surface area contributed by atoms with Crippen molar-refractivity contribution >= 4 is 0 Å². The molecule has 1 nitrogen and oxygen atoms in total. The quantitative estimate of drug-likeness (QED) is 0.627. The van der Waals surface area contributed by atoms with Gasteiger partial charge in [-0.1, -0.05) is 12.1 Å². The first-order chi connectivity index (χ1) is 5.77. The molecule has 64 valence electrons. The number of ether oxygens (including phenoxy) is 1. The fourth-order valence-electron chi connectivity index (χ4n) is 1.00. The molecule has 0 N–H and O–H groups in total. The van der Waals surface area contributed by atoms with Gasteiger partial charge in [-0.25, -0.2) is 4.39 Å². The van der Waals surface area contributed by atoms with E-state index in [1.807, 2.05) is 6.07 Å². The maximum absolute atomic E-state index is 13.0. The van der Waals surface area contributed by atoms with Crippen molar-refractivity contribution in [2.24, 2.45) is 0 Å². The highest BCUT2D eigenvalue weighted by Crippen LogP contribution is 2.17. The fraction of sp³-hybridized carbons (Fsp3) is 0.200. The number of methoxy groups -OCH3 is 1. The molecule has 0 amide bonds. The molecule has 0 fully saturated rings. The van der Waals surface area contributed by atoms with Crippen molar-refractivity contribution in [1.82, 2.24) is 0 Å². The van der Waals surface area contributed by atoms with Gasteiger partial charge >= 0.3 is 0 Å². The summed E-state index contributed by atoms with van der Waals surface area (Å²) in [6.07, 6.45) is 2.42. The molecule has 0 aromatic heterocycles. The molecule has 0 saturated carbocycles. The van der Waals surface area contributed by atoms with Crippen LogP contribution in [0.3, 0.4) is 0 Å². The molecule has 0 heterocycles. The van der Waals surface area contributed by atoms with Gasteiger partial charge in [0.1, 0.15) is 0 Å². The Balaban J connectivity index is 2.93. The van der Waals surface area contributed by atoms with Gasteiger partial charge in [-0.05, 0) is 24.1 Å². The predicted molar refractivity (Wildman–Crippen MR) is 46.9 cm³/mol. The molecule has 0 aliphatic heterocycles. The van der Waals surface area contributed by atoms with Gasteiger partial charge in [0.05, 0.1) is 7.11 Å². The van der Waals surface area contributed by atoms with E-state index in [1.165, 1.54) is 13.2 Å². The molecule has 0 atom stereocenters. The average molecular weight is 166 g/mol. The minimum atomic E-state index is -0.322. The van der Waals surface area contributed by atoms with Crippen LogP contribution in [0.5, 0.6) is 5.75 Å². The zero-order valence-electron chi connectivity index (χ0n) is 7.01. The first kappa shape index (κ1) is 8.78. The predicted octanol–water partition coefficient (Wildman–Crippen LogP) is 2.56. The third-order valence-electron chi connectivity index (χ3n) is 1.60. The second-order valence-corrected chi connectivity index (χ2v) is 2.46. The fourth-order valence-corrected chi connectivity index (χ4v) is 1.00. The van der Waals surface area contributed by atoms with Crippen molar-refractivity contribution in [3.8, 4) is 5.75 Å². The van der Waals surface area contributed by atoms with Crippen LogP contribution in [0, 0.1) is 5.82 Å². The lowest BCUT2D eigenvalue weighted by Gasteiger charge is -2.02. The zero-order chi connectivity index (χ0) is 8.97. The van der Waals surface area contributed by atoms with Gasteiger partial charge in [0.15, 0.2) is 11.6 Å². The van der Waals surface area contributed by atoms with E-state index in [4.69, 9.17) is 4.74 Å². The normalized spacial score (nSPS) is 9.50. The van der Waals surface area contributed by atoms with E-state index < -0.39 is 0 Å². The minimum absolute atomic E-state index is 0.280.